The van der Waals surface area contributed by atoms with Gasteiger partial charge in [-0.25, -0.2) is 9.50 Å². The van der Waals surface area contributed by atoms with Crippen LogP contribution in [-0.2, 0) is 0 Å². The van der Waals surface area contributed by atoms with Crippen LogP contribution in [0.15, 0.2) is 60.9 Å². The molecule has 5 heterocycles. The smallest absolute Gasteiger partial charge is 0.273 e. The van der Waals surface area contributed by atoms with Crippen molar-refractivity contribution in [1.29, 1.82) is 5.26 Å². The number of piperidine rings is 1. The molecule has 1 amide bonds. The molecule has 4 aromatic rings. The Balaban J connectivity index is 1.26. The van der Waals surface area contributed by atoms with Crippen molar-refractivity contribution in [3.63, 3.8) is 0 Å². The summed E-state index contributed by atoms with van der Waals surface area (Å²) in [4.78, 5) is 26.8. The van der Waals surface area contributed by atoms with Gasteiger partial charge in [0, 0.05) is 49.2 Å². The first-order chi connectivity index (χ1) is 18.5. The molecule has 0 saturated carbocycles. The fourth-order valence-electron chi connectivity index (χ4n) is 5.54. The Morgan fingerprint density at radius 2 is 1.95 bits per heavy atom. The summed E-state index contributed by atoms with van der Waals surface area (Å²) < 4.78 is 1.76. The molecule has 0 spiro atoms. The van der Waals surface area contributed by atoms with E-state index >= 15 is 0 Å². The summed E-state index contributed by atoms with van der Waals surface area (Å²) >= 11 is 0. The van der Waals surface area contributed by atoms with Crippen molar-refractivity contribution in [2.75, 3.05) is 24.5 Å². The molecule has 2 aliphatic heterocycles. The minimum absolute atomic E-state index is 0.0928. The number of nitriles is 1. The molecule has 9 nitrogen and oxygen atoms in total. The number of aliphatic hydroxyl groups excluding tert-OH is 1. The van der Waals surface area contributed by atoms with Crippen LogP contribution in [-0.4, -0.2) is 61.2 Å². The maximum absolute atomic E-state index is 13.6. The Morgan fingerprint density at radius 1 is 1.11 bits per heavy atom. The molecular formula is C29H29N7O2. The molecule has 0 radical (unpaired) electrons. The van der Waals surface area contributed by atoms with E-state index in [1.807, 2.05) is 65.4 Å². The lowest BCUT2D eigenvalue weighted by atomic mass is 9.98. The number of hydrogen-bond donors (Lipinski definition) is 1. The third kappa shape index (κ3) is 4.37. The van der Waals surface area contributed by atoms with Crippen LogP contribution >= 0.6 is 0 Å². The number of pyridine rings is 1. The highest BCUT2D eigenvalue weighted by atomic mass is 16.3. The number of likely N-dealkylation sites (tertiary alicyclic amines) is 1. The first-order valence-corrected chi connectivity index (χ1v) is 13.0. The van der Waals surface area contributed by atoms with E-state index in [2.05, 4.69) is 11.1 Å². The zero-order valence-corrected chi connectivity index (χ0v) is 21.2. The van der Waals surface area contributed by atoms with E-state index in [1.54, 1.807) is 16.8 Å². The van der Waals surface area contributed by atoms with Crippen molar-refractivity contribution in [1.82, 2.24) is 24.5 Å². The van der Waals surface area contributed by atoms with Crippen molar-refractivity contribution in [3.05, 3.63) is 77.9 Å². The van der Waals surface area contributed by atoms with Gasteiger partial charge in [-0.05, 0) is 37.8 Å². The van der Waals surface area contributed by atoms with Crippen LogP contribution in [0.5, 0.6) is 0 Å². The second-order valence-electron chi connectivity index (χ2n) is 10.1. The van der Waals surface area contributed by atoms with Crippen LogP contribution in [0.1, 0.15) is 47.1 Å². The fraction of sp³-hybridized carbons (Fsp3) is 0.345. The first-order valence-electron chi connectivity index (χ1n) is 13.0. The second kappa shape index (κ2) is 9.88. The average molecular weight is 508 g/mol. The van der Waals surface area contributed by atoms with Crippen molar-refractivity contribution in [2.24, 2.45) is 5.92 Å². The largest absolute Gasteiger partial charge is 0.390 e. The van der Waals surface area contributed by atoms with E-state index < -0.39 is 12.0 Å². The van der Waals surface area contributed by atoms with Crippen LogP contribution in [0.25, 0.3) is 16.8 Å². The summed E-state index contributed by atoms with van der Waals surface area (Å²) in [7, 11) is 0. The number of β-amino-alcohol motifs (C(OH)–C–C–N with tert-alkyl or cyclic N) is 1. The number of aryl methyl sites for hydroxylation is 1. The minimum atomic E-state index is -0.685. The monoisotopic (exact) mass is 507 g/mol. The normalized spacial score (nSPS) is 21.6. The number of nitrogens with zero attached hydrogens (tertiary/aromatic N) is 7. The van der Waals surface area contributed by atoms with Gasteiger partial charge in [0.05, 0.1) is 29.8 Å². The lowest BCUT2D eigenvalue weighted by molar-refractivity contribution is 0.0599. The molecule has 1 aromatic carbocycles. The van der Waals surface area contributed by atoms with Gasteiger partial charge in [0.2, 0.25) is 0 Å². The van der Waals surface area contributed by atoms with Gasteiger partial charge >= 0.3 is 0 Å². The van der Waals surface area contributed by atoms with Gasteiger partial charge in [-0.15, -0.1) is 0 Å². The third-order valence-corrected chi connectivity index (χ3v) is 7.57. The lowest BCUT2D eigenvalue weighted by Gasteiger charge is -2.34. The summed E-state index contributed by atoms with van der Waals surface area (Å²) in [6, 6.07) is 17.7. The van der Waals surface area contributed by atoms with Gasteiger partial charge < -0.3 is 14.9 Å². The van der Waals surface area contributed by atoms with Gasteiger partial charge in [-0.1, -0.05) is 36.4 Å². The molecule has 3 atom stereocenters. The Morgan fingerprint density at radius 3 is 2.68 bits per heavy atom. The fourth-order valence-corrected chi connectivity index (χ4v) is 5.54. The number of amides is 1. The Hall–Kier alpha value is -4.29. The highest BCUT2D eigenvalue weighted by molar-refractivity contribution is 5.93. The van der Waals surface area contributed by atoms with Crippen LogP contribution in [0.3, 0.4) is 0 Å². The Kier molecular flexibility index (Phi) is 6.26. The average Bonchev–Trinajstić information content (AvgIpc) is 3.55. The minimum Gasteiger partial charge on any atom is -0.390 e. The number of anilines is 1. The van der Waals surface area contributed by atoms with Crippen molar-refractivity contribution in [3.8, 4) is 17.2 Å². The van der Waals surface area contributed by atoms with Crippen molar-refractivity contribution < 1.29 is 9.90 Å². The molecule has 0 aliphatic carbocycles. The predicted octanol–water partition coefficient (Wildman–Crippen LogP) is 3.79. The van der Waals surface area contributed by atoms with Crippen LogP contribution < -0.4 is 4.90 Å². The topological polar surface area (TPSA) is 111 Å². The first kappa shape index (κ1) is 24.1. The van der Waals surface area contributed by atoms with E-state index in [-0.39, 0.29) is 11.9 Å². The van der Waals surface area contributed by atoms with Crippen LogP contribution in [0.2, 0.25) is 0 Å². The quantitative estimate of drug-likeness (QED) is 0.447. The Bertz CT molecular complexity index is 1510. The number of hydrogen-bond acceptors (Lipinski definition) is 7. The number of aromatic nitrogens is 4. The molecule has 3 unspecified atom stereocenters. The molecule has 38 heavy (non-hydrogen) atoms. The summed E-state index contributed by atoms with van der Waals surface area (Å²) in [5.41, 5.74) is 4.86. The Labute approximate surface area is 221 Å². The maximum atomic E-state index is 13.6. The lowest BCUT2D eigenvalue weighted by Crippen LogP contribution is -2.39. The predicted molar refractivity (Wildman–Crippen MR) is 142 cm³/mol. The molecule has 192 valence electrons. The zero-order chi connectivity index (χ0) is 26.2. The van der Waals surface area contributed by atoms with Crippen molar-refractivity contribution in [2.45, 2.75) is 38.3 Å². The maximum Gasteiger partial charge on any atom is 0.273 e. The second-order valence-corrected chi connectivity index (χ2v) is 10.1. The number of carbonyl (C=O) groups is 1. The number of fused-ring (bicyclic) bond motifs is 1. The molecule has 9 heteroatoms. The molecule has 1 N–H and O–H groups in total. The van der Waals surface area contributed by atoms with Crippen LogP contribution in [0, 0.1) is 24.2 Å². The van der Waals surface area contributed by atoms with E-state index in [0.717, 1.165) is 47.5 Å². The highest BCUT2D eigenvalue weighted by Gasteiger charge is 2.34. The number of aliphatic hydroxyl groups is 1. The van der Waals surface area contributed by atoms with Crippen LogP contribution in [0.4, 0.5) is 5.82 Å². The molecule has 2 fully saturated rings. The SMILES string of the molecule is Cc1cn2nc(C3CCCCN3C(=O)c3ccc(-c4ccccc4)cn3)cc2nc1N1CC(O)C(C#N)C1. The summed E-state index contributed by atoms with van der Waals surface area (Å²) in [5.74, 6) is 0.231. The molecule has 0 bridgehead atoms. The van der Waals surface area contributed by atoms with Gasteiger partial charge in [0.15, 0.2) is 5.65 Å². The summed E-state index contributed by atoms with van der Waals surface area (Å²) in [6.07, 6.45) is 5.78. The molecule has 6 rings (SSSR count). The van der Waals surface area contributed by atoms with Gasteiger partial charge in [-0.2, -0.15) is 10.4 Å². The van der Waals surface area contributed by atoms with Gasteiger partial charge in [-0.3, -0.25) is 9.78 Å². The molecule has 3 aromatic heterocycles. The van der Waals surface area contributed by atoms with Crippen molar-refractivity contribution >= 4 is 17.4 Å². The highest BCUT2D eigenvalue weighted by Crippen LogP contribution is 2.33. The molecule has 2 saturated heterocycles. The third-order valence-electron chi connectivity index (χ3n) is 7.57. The number of benzene rings is 1. The zero-order valence-electron chi connectivity index (χ0n) is 21.2. The van der Waals surface area contributed by atoms with E-state index in [1.165, 1.54) is 0 Å². The van der Waals surface area contributed by atoms with E-state index in [9.17, 15) is 15.2 Å². The van der Waals surface area contributed by atoms with Gasteiger partial charge in [0.1, 0.15) is 11.5 Å². The van der Waals surface area contributed by atoms with E-state index in [0.29, 0.717) is 31.0 Å². The molecule has 2 aliphatic rings. The number of rotatable bonds is 4. The standard InChI is InChI=1S/C29H29N7O2/c1-19-16-36-27(32-28(19)34-17-22(14-30)26(37)18-34)13-24(33-36)25-9-5-6-12-35(25)29(38)23-11-10-21(15-31-23)20-7-3-2-4-8-20/h2-4,7-8,10-11,13,15-16,22,25-26,37H,5-6,9,12,17-18H2,1H3. The van der Waals surface area contributed by atoms with Gasteiger partial charge in [0.25, 0.3) is 5.91 Å². The van der Waals surface area contributed by atoms with E-state index in [4.69, 9.17) is 10.1 Å². The summed E-state index contributed by atoms with van der Waals surface area (Å²) in [6.45, 7) is 3.43. The summed E-state index contributed by atoms with van der Waals surface area (Å²) in [5, 5.41) is 24.3. The molecular weight excluding hydrogens is 478 g/mol. The number of carbonyl (C=O) groups excluding carboxylic acids is 1.